The van der Waals surface area contributed by atoms with Gasteiger partial charge in [0, 0.05) is 0 Å². The molecule has 0 atom stereocenters. The van der Waals surface area contributed by atoms with Crippen LogP contribution in [0.5, 0.6) is 0 Å². The summed E-state index contributed by atoms with van der Waals surface area (Å²) in [6.07, 6.45) is 0. The molecule has 0 heterocycles. The Hall–Kier alpha value is -2.69. The van der Waals surface area contributed by atoms with Crippen molar-refractivity contribution in [3.05, 3.63) is 116 Å². The zero-order valence-corrected chi connectivity index (χ0v) is 15.1. The predicted molar refractivity (Wildman–Crippen MR) is 114 cm³/mol. The Labute approximate surface area is 149 Å². The Morgan fingerprint density at radius 1 is 0.560 bits per heavy atom. The van der Waals surface area contributed by atoms with E-state index in [1.807, 2.05) is 0 Å². The van der Waals surface area contributed by atoms with Crippen molar-refractivity contribution in [1.82, 2.24) is 0 Å². The first-order valence-electron chi connectivity index (χ1n) is 8.59. The summed E-state index contributed by atoms with van der Waals surface area (Å²) >= 11 is 0. The van der Waals surface area contributed by atoms with Crippen LogP contribution in [0, 0.1) is 0 Å². The van der Waals surface area contributed by atoms with Gasteiger partial charge in [-0.05, 0) is 0 Å². The van der Waals surface area contributed by atoms with E-state index in [2.05, 4.69) is 116 Å². The van der Waals surface area contributed by atoms with Gasteiger partial charge in [0.1, 0.15) is 0 Å². The van der Waals surface area contributed by atoms with Crippen LogP contribution in [0.4, 0.5) is 0 Å². The van der Waals surface area contributed by atoms with E-state index >= 15 is 0 Å². The fourth-order valence-corrected chi connectivity index (χ4v) is 7.89. The predicted octanol–water partition coefficient (Wildman–Crippen LogP) is 5.01. The van der Waals surface area contributed by atoms with Gasteiger partial charge in [-0.1, -0.05) is 0 Å². The number of benzene rings is 4. The first-order valence-corrected chi connectivity index (χ1v) is 10.7. The van der Waals surface area contributed by atoms with Crippen LogP contribution in [0.1, 0.15) is 0 Å². The topological polar surface area (TPSA) is 0 Å². The zero-order valence-electron chi connectivity index (χ0n) is 14.1. The van der Waals surface area contributed by atoms with E-state index in [-0.39, 0.29) is 0 Å². The van der Waals surface area contributed by atoms with Gasteiger partial charge in [0.2, 0.25) is 0 Å². The molecule has 0 bridgehead atoms. The molecule has 25 heavy (non-hydrogen) atoms. The maximum absolute atomic E-state index is 4.33. The summed E-state index contributed by atoms with van der Waals surface area (Å²) in [6.45, 7) is 4.33. The van der Waals surface area contributed by atoms with Gasteiger partial charge >= 0.3 is 149 Å². The normalized spacial score (nSPS) is 12.0. The van der Waals surface area contributed by atoms with Crippen molar-refractivity contribution in [1.29, 1.82) is 0 Å². The second-order valence-electron chi connectivity index (χ2n) is 6.27. The molecule has 0 unspecified atom stereocenters. The SMILES string of the molecule is C=C[PH](c1ccccc1)(c1ccccc1)c1cccc2ccccc12. The molecule has 4 rings (SSSR count). The summed E-state index contributed by atoms with van der Waals surface area (Å²) in [4.78, 5) is 0. The second-order valence-corrected chi connectivity index (χ2v) is 9.99. The Kier molecular flexibility index (Phi) is 4.22. The van der Waals surface area contributed by atoms with E-state index in [0.717, 1.165) is 0 Å². The molecule has 0 aliphatic heterocycles. The van der Waals surface area contributed by atoms with Crippen LogP contribution in [-0.4, -0.2) is 0 Å². The molecule has 1 heteroatoms. The number of hydrogen-bond acceptors (Lipinski definition) is 0. The van der Waals surface area contributed by atoms with Crippen LogP contribution in [0.15, 0.2) is 116 Å². The van der Waals surface area contributed by atoms with Gasteiger partial charge in [0.25, 0.3) is 0 Å². The quantitative estimate of drug-likeness (QED) is 0.458. The van der Waals surface area contributed by atoms with Crippen LogP contribution < -0.4 is 15.9 Å². The zero-order chi connectivity index (χ0) is 17.1. The average molecular weight is 340 g/mol. The fraction of sp³-hybridized carbons (Fsp3) is 0. The Morgan fingerprint density at radius 3 is 1.68 bits per heavy atom. The van der Waals surface area contributed by atoms with E-state index in [1.54, 1.807) is 0 Å². The van der Waals surface area contributed by atoms with Crippen molar-refractivity contribution in [3.8, 4) is 0 Å². The maximum atomic E-state index is 4.33. The van der Waals surface area contributed by atoms with Gasteiger partial charge in [0.05, 0.1) is 0 Å². The molecule has 0 nitrogen and oxygen atoms in total. The standard InChI is InChI=1S/C24H21P/c1-2-25(21-14-5-3-6-15-21,22-16-7-4-8-17-22)24-19-11-13-20-12-9-10-18-23(20)24/h2-19,25H,1H2. The van der Waals surface area contributed by atoms with E-state index in [1.165, 1.54) is 26.7 Å². The van der Waals surface area contributed by atoms with Crippen LogP contribution in [-0.2, 0) is 0 Å². The summed E-state index contributed by atoms with van der Waals surface area (Å²) in [5, 5.41) is 6.74. The van der Waals surface area contributed by atoms with Gasteiger partial charge in [0.15, 0.2) is 0 Å². The molecule has 4 aromatic carbocycles. The number of rotatable bonds is 4. The van der Waals surface area contributed by atoms with Gasteiger partial charge in [-0.15, -0.1) is 0 Å². The van der Waals surface area contributed by atoms with E-state index in [9.17, 15) is 0 Å². The van der Waals surface area contributed by atoms with Crippen LogP contribution in [0.3, 0.4) is 0 Å². The molecule has 0 aromatic heterocycles. The minimum atomic E-state index is -2.30. The summed E-state index contributed by atoms with van der Waals surface area (Å²) in [7, 11) is -2.30. The first kappa shape index (κ1) is 15.8. The van der Waals surface area contributed by atoms with Crippen molar-refractivity contribution >= 4 is 33.9 Å². The molecule has 4 aromatic rings. The van der Waals surface area contributed by atoms with Gasteiger partial charge in [-0.2, -0.15) is 0 Å². The van der Waals surface area contributed by atoms with Crippen LogP contribution in [0.25, 0.3) is 10.8 Å². The number of fused-ring (bicyclic) bond motifs is 1. The second kappa shape index (κ2) is 6.67. The van der Waals surface area contributed by atoms with Gasteiger partial charge in [-0.3, -0.25) is 0 Å². The molecule has 0 fully saturated rings. The molecular formula is C24H21P. The van der Waals surface area contributed by atoms with Gasteiger partial charge in [-0.25, -0.2) is 0 Å². The Balaban J connectivity index is 2.13. The third-order valence-electron chi connectivity index (χ3n) is 4.98. The van der Waals surface area contributed by atoms with Crippen molar-refractivity contribution in [2.75, 3.05) is 0 Å². The van der Waals surface area contributed by atoms with E-state index in [4.69, 9.17) is 0 Å². The third kappa shape index (κ3) is 2.60. The van der Waals surface area contributed by atoms with Crippen molar-refractivity contribution in [3.63, 3.8) is 0 Å². The summed E-state index contributed by atoms with van der Waals surface area (Å²) in [6, 6.07) is 37.0. The summed E-state index contributed by atoms with van der Waals surface area (Å²) < 4.78 is 0. The Bertz CT molecular complexity index is 959. The molecule has 0 aliphatic rings. The molecule has 0 N–H and O–H groups in total. The van der Waals surface area contributed by atoms with Crippen molar-refractivity contribution in [2.45, 2.75) is 0 Å². The first-order chi connectivity index (χ1) is 12.4. The van der Waals surface area contributed by atoms with E-state index in [0.29, 0.717) is 0 Å². The Morgan fingerprint density at radius 2 is 1.08 bits per heavy atom. The van der Waals surface area contributed by atoms with Crippen LogP contribution in [0.2, 0.25) is 0 Å². The molecule has 0 radical (unpaired) electrons. The summed E-state index contributed by atoms with van der Waals surface area (Å²) in [5.41, 5.74) is 0. The molecular weight excluding hydrogens is 319 g/mol. The van der Waals surface area contributed by atoms with E-state index < -0.39 is 7.26 Å². The van der Waals surface area contributed by atoms with Crippen LogP contribution >= 0.6 is 7.26 Å². The average Bonchev–Trinajstić information content (AvgIpc) is 2.71. The molecule has 0 saturated heterocycles. The summed E-state index contributed by atoms with van der Waals surface area (Å²) in [5.74, 6) is 2.22. The molecule has 0 aliphatic carbocycles. The molecule has 0 amide bonds. The molecule has 122 valence electrons. The minimum absolute atomic E-state index is 1.28. The molecule has 0 spiro atoms. The molecule has 0 saturated carbocycles. The van der Waals surface area contributed by atoms with Crippen molar-refractivity contribution in [2.24, 2.45) is 0 Å². The fourth-order valence-electron chi connectivity index (χ4n) is 3.79. The number of hydrogen-bond donors (Lipinski definition) is 0. The van der Waals surface area contributed by atoms with Crippen molar-refractivity contribution < 1.29 is 0 Å². The van der Waals surface area contributed by atoms with Gasteiger partial charge < -0.3 is 0 Å². The monoisotopic (exact) mass is 340 g/mol. The third-order valence-corrected chi connectivity index (χ3v) is 9.37.